The van der Waals surface area contributed by atoms with Crippen LogP contribution in [0.15, 0.2) is 24.3 Å². The summed E-state index contributed by atoms with van der Waals surface area (Å²) in [5.74, 6) is 0.603. The van der Waals surface area contributed by atoms with E-state index in [1.807, 2.05) is 12.1 Å². The standard InChI is InChI=1S/C42H75NO10/c1-3-4-5-6-7-8-9-10-11-15-18-21-24-35(45)38(47)34(31-52-42-41(50)40(49)39(48)36(30-44)53-42)43-37(46)25-22-19-16-13-12-14-17-20-23-32-26-28-33(51-2)29-27-32/h26-29,34-36,38-42,44-45,47-50H,3-25,30-31H2,1-2H3,(H,43,46)/t34-,35+,36?,38-,39?,40?,41?,42?/m0/s1. The van der Waals surface area contributed by atoms with Crippen molar-refractivity contribution in [1.82, 2.24) is 5.32 Å². The number of hydrogen-bond acceptors (Lipinski definition) is 10. The van der Waals surface area contributed by atoms with Crippen molar-refractivity contribution < 1.29 is 49.6 Å². The molecule has 5 unspecified atom stereocenters. The lowest BCUT2D eigenvalue weighted by molar-refractivity contribution is -0.303. The lowest BCUT2D eigenvalue weighted by Crippen LogP contribution is -2.60. The second-order valence-corrected chi connectivity index (χ2v) is 15.1. The topological polar surface area (TPSA) is 178 Å². The molecule has 2 rings (SSSR count). The summed E-state index contributed by atoms with van der Waals surface area (Å²) in [6, 6.07) is 7.24. The molecule has 0 saturated carbocycles. The molecule has 0 spiro atoms. The van der Waals surface area contributed by atoms with Crippen LogP contribution in [0.1, 0.15) is 154 Å². The number of nitrogens with one attached hydrogen (secondary N) is 1. The summed E-state index contributed by atoms with van der Waals surface area (Å²) in [6.45, 7) is 1.32. The molecule has 11 heteroatoms. The Bertz CT molecular complexity index is 1030. The maximum Gasteiger partial charge on any atom is 0.220 e. The molecule has 1 aliphatic rings. The average Bonchev–Trinajstić information content (AvgIpc) is 3.17. The number of aliphatic hydroxyl groups excluding tert-OH is 6. The number of aliphatic hydroxyl groups is 6. The number of unbranched alkanes of at least 4 members (excludes halogenated alkanes) is 18. The van der Waals surface area contributed by atoms with Crippen molar-refractivity contribution >= 4 is 5.91 Å². The highest BCUT2D eigenvalue weighted by atomic mass is 16.7. The second kappa shape index (κ2) is 29.5. The molecule has 1 saturated heterocycles. The van der Waals surface area contributed by atoms with Gasteiger partial charge in [0.15, 0.2) is 6.29 Å². The summed E-state index contributed by atoms with van der Waals surface area (Å²) in [7, 11) is 1.68. The van der Waals surface area contributed by atoms with Crippen LogP contribution in [-0.4, -0.2) is 106 Å². The summed E-state index contributed by atoms with van der Waals surface area (Å²) in [4.78, 5) is 13.0. The Kier molecular flexibility index (Phi) is 26.3. The van der Waals surface area contributed by atoms with Gasteiger partial charge in [0.25, 0.3) is 0 Å². The minimum Gasteiger partial charge on any atom is -0.497 e. The highest BCUT2D eigenvalue weighted by molar-refractivity contribution is 5.76. The highest BCUT2D eigenvalue weighted by Crippen LogP contribution is 2.23. The van der Waals surface area contributed by atoms with E-state index < -0.39 is 55.6 Å². The van der Waals surface area contributed by atoms with E-state index in [2.05, 4.69) is 24.4 Å². The van der Waals surface area contributed by atoms with Crippen LogP contribution in [-0.2, 0) is 20.7 Å². The second-order valence-electron chi connectivity index (χ2n) is 15.1. The van der Waals surface area contributed by atoms with Crippen molar-refractivity contribution in [3.63, 3.8) is 0 Å². The molecule has 0 aliphatic carbocycles. The normalized spacial score (nSPS) is 22.0. The van der Waals surface area contributed by atoms with Crippen molar-refractivity contribution in [1.29, 1.82) is 0 Å². The lowest BCUT2D eigenvalue weighted by Gasteiger charge is -2.40. The first-order chi connectivity index (χ1) is 25.7. The molecule has 0 radical (unpaired) electrons. The maximum absolute atomic E-state index is 13.0. The van der Waals surface area contributed by atoms with Gasteiger partial charge in [-0.15, -0.1) is 0 Å². The monoisotopic (exact) mass is 754 g/mol. The third-order valence-electron chi connectivity index (χ3n) is 10.6. The third kappa shape index (κ3) is 20.1. The summed E-state index contributed by atoms with van der Waals surface area (Å²) in [5, 5.41) is 65.0. The Morgan fingerprint density at radius 3 is 1.81 bits per heavy atom. The molecular formula is C42H75NO10. The van der Waals surface area contributed by atoms with Crippen molar-refractivity contribution in [2.45, 2.75) is 204 Å². The SMILES string of the molecule is CCCCCCCCCCCCCC[C@@H](O)[C@@H](O)[C@H](COC1OC(CO)C(O)C(O)C1O)NC(=O)CCCCCCCCCCc1ccc(OC)cc1. The highest BCUT2D eigenvalue weighted by Gasteiger charge is 2.44. The largest absolute Gasteiger partial charge is 0.497 e. The summed E-state index contributed by atoms with van der Waals surface area (Å²) >= 11 is 0. The average molecular weight is 754 g/mol. The van der Waals surface area contributed by atoms with Crippen LogP contribution in [0.4, 0.5) is 0 Å². The van der Waals surface area contributed by atoms with E-state index in [1.165, 1.54) is 69.8 Å². The summed E-state index contributed by atoms with van der Waals surface area (Å²) in [5.41, 5.74) is 1.33. The van der Waals surface area contributed by atoms with Gasteiger partial charge in [0.1, 0.15) is 36.3 Å². The number of carbonyl (C=O) groups is 1. The predicted molar refractivity (Wildman–Crippen MR) is 208 cm³/mol. The number of methoxy groups -OCH3 is 1. The molecule has 7 N–H and O–H groups in total. The molecule has 1 fully saturated rings. The van der Waals surface area contributed by atoms with E-state index >= 15 is 0 Å². The van der Waals surface area contributed by atoms with Crippen LogP contribution in [0.5, 0.6) is 5.75 Å². The summed E-state index contributed by atoms with van der Waals surface area (Å²) < 4.78 is 16.3. The van der Waals surface area contributed by atoms with Crippen LogP contribution < -0.4 is 10.1 Å². The van der Waals surface area contributed by atoms with E-state index in [0.717, 1.165) is 70.0 Å². The Balaban J connectivity index is 1.71. The van der Waals surface area contributed by atoms with Crippen LogP contribution >= 0.6 is 0 Å². The Morgan fingerprint density at radius 1 is 0.736 bits per heavy atom. The Hall–Kier alpha value is -1.83. The fourth-order valence-corrected chi connectivity index (χ4v) is 7.01. The fourth-order valence-electron chi connectivity index (χ4n) is 7.01. The van der Waals surface area contributed by atoms with Gasteiger partial charge in [-0.3, -0.25) is 4.79 Å². The van der Waals surface area contributed by atoms with Gasteiger partial charge in [0, 0.05) is 6.42 Å². The zero-order valence-corrected chi connectivity index (χ0v) is 32.9. The Morgan fingerprint density at radius 2 is 1.26 bits per heavy atom. The van der Waals surface area contributed by atoms with Crippen molar-refractivity contribution in [3.05, 3.63) is 29.8 Å². The third-order valence-corrected chi connectivity index (χ3v) is 10.6. The molecule has 0 bridgehead atoms. The van der Waals surface area contributed by atoms with Crippen molar-refractivity contribution in [2.24, 2.45) is 0 Å². The molecule has 53 heavy (non-hydrogen) atoms. The van der Waals surface area contributed by atoms with E-state index in [0.29, 0.717) is 12.8 Å². The van der Waals surface area contributed by atoms with Crippen LogP contribution in [0.2, 0.25) is 0 Å². The molecular weight excluding hydrogens is 678 g/mol. The molecule has 1 amide bonds. The molecule has 11 nitrogen and oxygen atoms in total. The van der Waals surface area contributed by atoms with Gasteiger partial charge in [0.2, 0.25) is 5.91 Å². The molecule has 8 atom stereocenters. The molecule has 1 aliphatic heterocycles. The fraction of sp³-hybridized carbons (Fsp3) is 0.833. The number of amides is 1. The van der Waals surface area contributed by atoms with Crippen molar-refractivity contribution in [3.8, 4) is 5.75 Å². The van der Waals surface area contributed by atoms with Gasteiger partial charge < -0.3 is 50.2 Å². The van der Waals surface area contributed by atoms with Gasteiger partial charge in [-0.1, -0.05) is 135 Å². The molecule has 1 heterocycles. The van der Waals surface area contributed by atoms with E-state index in [-0.39, 0.29) is 18.9 Å². The minimum atomic E-state index is -1.61. The van der Waals surface area contributed by atoms with E-state index in [4.69, 9.17) is 14.2 Å². The molecule has 1 aromatic rings. The smallest absolute Gasteiger partial charge is 0.220 e. The van der Waals surface area contributed by atoms with Crippen LogP contribution in [0.25, 0.3) is 0 Å². The van der Waals surface area contributed by atoms with E-state index in [9.17, 15) is 35.4 Å². The number of aryl methyl sites for hydroxylation is 1. The van der Waals surface area contributed by atoms with Gasteiger partial charge in [-0.2, -0.15) is 0 Å². The molecule has 0 aromatic heterocycles. The number of ether oxygens (including phenoxy) is 3. The number of rotatable bonds is 32. The first kappa shape index (κ1) is 47.3. The van der Waals surface area contributed by atoms with Gasteiger partial charge in [-0.05, 0) is 43.4 Å². The van der Waals surface area contributed by atoms with Crippen LogP contribution in [0.3, 0.4) is 0 Å². The summed E-state index contributed by atoms with van der Waals surface area (Å²) in [6.07, 6.45) is 14.7. The maximum atomic E-state index is 13.0. The number of carbonyl (C=O) groups excluding carboxylic acids is 1. The molecule has 1 aromatic carbocycles. The zero-order chi connectivity index (χ0) is 38.7. The number of benzene rings is 1. The number of hydrogen-bond donors (Lipinski definition) is 7. The molecule has 308 valence electrons. The first-order valence-electron chi connectivity index (χ1n) is 20.9. The van der Waals surface area contributed by atoms with Crippen LogP contribution in [0, 0.1) is 0 Å². The van der Waals surface area contributed by atoms with E-state index in [1.54, 1.807) is 7.11 Å². The lowest BCUT2D eigenvalue weighted by atomic mass is 9.98. The Labute approximate surface area is 319 Å². The minimum absolute atomic E-state index is 0.264. The zero-order valence-electron chi connectivity index (χ0n) is 32.9. The van der Waals surface area contributed by atoms with Crippen molar-refractivity contribution in [2.75, 3.05) is 20.3 Å². The first-order valence-corrected chi connectivity index (χ1v) is 20.9. The quantitative estimate of drug-likeness (QED) is 0.0441. The van der Waals surface area contributed by atoms with Gasteiger partial charge in [-0.25, -0.2) is 0 Å². The van der Waals surface area contributed by atoms with Gasteiger partial charge >= 0.3 is 0 Å². The van der Waals surface area contributed by atoms with Gasteiger partial charge in [0.05, 0.1) is 32.5 Å². The predicted octanol–water partition coefficient (Wildman–Crippen LogP) is 5.86.